The van der Waals surface area contributed by atoms with Crippen LogP contribution in [0.15, 0.2) is 24.4 Å². The van der Waals surface area contributed by atoms with Gasteiger partial charge in [0.15, 0.2) is 0 Å². The third-order valence-electron chi connectivity index (χ3n) is 3.31. The second-order valence-electron chi connectivity index (χ2n) is 5.08. The lowest BCUT2D eigenvalue weighted by molar-refractivity contribution is -0.120. The number of fused-ring (bicyclic) bond motifs is 1. The Hall–Kier alpha value is -1.81. The van der Waals surface area contributed by atoms with Gasteiger partial charge in [0.2, 0.25) is 5.91 Å². The van der Waals surface area contributed by atoms with Crippen LogP contribution < -0.4 is 5.32 Å². The van der Waals surface area contributed by atoms with Crippen LogP contribution in [0.25, 0.3) is 10.9 Å². The molecule has 0 radical (unpaired) electrons. The number of rotatable bonds is 5. The van der Waals surface area contributed by atoms with Crippen LogP contribution in [0.2, 0.25) is 0 Å². The molecule has 1 amide bonds. The van der Waals surface area contributed by atoms with E-state index in [2.05, 4.69) is 10.3 Å². The fourth-order valence-corrected chi connectivity index (χ4v) is 2.18. The molecule has 19 heavy (non-hydrogen) atoms. The second kappa shape index (κ2) is 5.89. The second-order valence-corrected chi connectivity index (χ2v) is 5.08. The maximum atomic E-state index is 11.9. The lowest BCUT2D eigenvalue weighted by atomic mass is 10.1. The standard InChI is InChI=1S/C15H20N2O2/c1-10(9-18)7-17-14(19)6-12-8-16-13-5-3-4-11(2)15(12)13/h3-5,8,10,16,18H,6-7,9H2,1-2H3,(H,17,19). The Balaban J connectivity index is 2.07. The van der Waals surface area contributed by atoms with Gasteiger partial charge in [0.25, 0.3) is 0 Å². The fraction of sp³-hybridized carbons (Fsp3) is 0.400. The molecule has 0 aliphatic rings. The summed E-state index contributed by atoms with van der Waals surface area (Å²) in [7, 11) is 0. The summed E-state index contributed by atoms with van der Waals surface area (Å²) >= 11 is 0. The number of carbonyl (C=O) groups is 1. The molecule has 0 saturated heterocycles. The monoisotopic (exact) mass is 260 g/mol. The van der Waals surface area contributed by atoms with Crippen molar-refractivity contribution in [3.8, 4) is 0 Å². The minimum Gasteiger partial charge on any atom is -0.396 e. The number of nitrogens with one attached hydrogen (secondary N) is 2. The van der Waals surface area contributed by atoms with Crippen LogP contribution in [0.5, 0.6) is 0 Å². The highest BCUT2D eigenvalue weighted by Crippen LogP contribution is 2.22. The number of H-pyrrole nitrogens is 1. The Bertz CT molecular complexity index is 575. The minimum atomic E-state index is -0.00977. The first-order valence-electron chi connectivity index (χ1n) is 6.55. The number of aliphatic hydroxyl groups is 1. The Morgan fingerprint density at radius 2 is 2.26 bits per heavy atom. The van der Waals surface area contributed by atoms with Gasteiger partial charge in [-0.25, -0.2) is 0 Å². The third kappa shape index (κ3) is 3.15. The van der Waals surface area contributed by atoms with Crippen LogP contribution in [0.4, 0.5) is 0 Å². The lowest BCUT2D eigenvalue weighted by Crippen LogP contribution is -2.30. The topological polar surface area (TPSA) is 65.1 Å². The average molecular weight is 260 g/mol. The maximum absolute atomic E-state index is 11.9. The van der Waals surface area contributed by atoms with Gasteiger partial charge in [-0.2, -0.15) is 0 Å². The van der Waals surface area contributed by atoms with E-state index in [4.69, 9.17) is 5.11 Å². The number of amides is 1. The molecule has 1 heterocycles. The SMILES string of the molecule is Cc1cccc2[nH]cc(CC(=O)NCC(C)CO)c12. The average Bonchev–Trinajstić information content (AvgIpc) is 2.80. The van der Waals surface area contributed by atoms with Gasteiger partial charge in [-0.3, -0.25) is 4.79 Å². The normalized spacial score (nSPS) is 12.6. The molecule has 3 N–H and O–H groups in total. The van der Waals surface area contributed by atoms with Crippen LogP contribution in [-0.2, 0) is 11.2 Å². The van der Waals surface area contributed by atoms with Crippen LogP contribution in [0.3, 0.4) is 0 Å². The van der Waals surface area contributed by atoms with Gasteiger partial charge >= 0.3 is 0 Å². The Kier molecular flexibility index (Phi) is 4.22. The van der Waals surface area contributed by atoms with Crippen molar-refractivity contribution in [3.05, 3.63) is 35.5 Å². The van der Waals surface area contributed by atoms with Crippen molar-refractivity contribution < 1.29 is 9.90 Å². The number of carbonyl (C=O) groups excluding carboxylic acids is 1. The van der Waals surface area contributed by atoms with Gasteiger partial charge in [-0.05, 0) is 30.0 Å². The molecule has 0 bridgehead atoms. The highest BCUT2D eigenvalue weighted by Gasteiger charge is 2.11. The molecular formula is C15H20N2O2. The molecule has 0 aliphatic carbocycles. The van der Waals surface area contributed by atoms with Crippen molar-refractivity contribution in [3.63, 3.8) is 0 Å². The summed E-state index contributed by atoms with van der Waals surface area (Å²) in [5.74, 6) is 0.0816. The first-order valence-corrected chi connectivity index (χ1v) is 6.55. The summed E-state index contributed by atoms with van der Waals surface area (Å²) in [5, 5.41) is 12.9. The third-order valence-corrected chi connectivity index (χ3v) is 3.31. The first kappa shape index (κ1) is 13.6. The quantitative estimate of drug-likeness (QED) is 0.767. The maximum Gasteiger partial charge on any atom is 0.224 e. The number of aryl methyl sites for hydroxylation is 1. The van der Waals surface area contributed by atoms with Crippen LogP contribution in [0, 0.1) is 12.8 Å². The molecule has 1 aromatic carbocycles. The van der Waals surface area contributed by atoms with Crippen molar-refractivity contribution in [2.75, 3.05) is 13.2 Å². The molecule has 2 rings (SSSR count). The van der Waals surface area contributed by atoms with E-state index >= 15 is 0 Å². The van der Waals surface area contributed by atoms with Gasteiger partial charge in [0.05, 0.1) is 6.42 Å². The Morgan fingerprint density at radius 1 is 1.47 bits per heavy atom. The van der Waals surface area contributed by atoms with Gasteiger partial charge in [-0.1, -0.05) is 19.1 Å². The first-order chi connectivity index (χ1) is 9.11. The van der Waals surface area contributed by atoms with E-state index in [-0.39, 0.29) is 18.4 Å². The van der Waals surface area contributed by atoms with Gasteiger partial charge in [-0.15, -0.1) is 0 Å². The molecule has 1 aromatic heterocycles. The number of hydrogen-bond acceptors (Lipinski definition) is 2. The van der Waals surface area contributed by atoms with Gasteiger partial charge in [0.1, 0.15) is 0 Å². The summed E-state index contributed by atoms with van der Waals surface area (Å²) in [4.78, 5) is 15.1. The van der Waals surface area contributed by atoms with Crippen molar-refractivity contribution in [1.82, 2.24) is 10.3 Å². The zero-order valence-electron chi connectivity index (χ0n) is 11.4. The highest BCUT2D eigenvalue weighted by molar-refractivity contribution is 5.90. The van der Waals surface area contributed by atoms with Crippen molar-refractivity contribution in [1.29, 1.82) is 0 Å². The van der Waals surface area contributed by atoms with E-state index in [0.29, 0.717) is 13.0 Å². The van der Waals surface area contributed by atoms with E-state index in [1.807, 2.05) is 38.2 Å². The molecule has 0 saturated carbocycles. The molecule has 4 nitrogen and oxygen atoms in total. The van der Waals surface area contributed by atoms with Gasteiger partial charge in [0, 0.05) is 30.3 Å². The number of aromatic nitrogens is 1. The Morgan fingerprint density at radius 3 is 3.00 bits per heavy atom. The molecule has 1 atom stereocenters. The summed E-state index contributed by atoms with van der Waals surface area (Å²) in [6, 6.07) is 6.06. The van der Waals surface area contributed by atoms with E-state index in [9.17, 15) is 4.79 Å². The highest BCUT2D eigenvalue weighted by atomic mass is 16.3. The van der Waals surface area contributed by atoms with E-state index in [0.717, 1.165) is 16.5 Å². The predicted molar refractivity (Wildman–Crippen MR) is 76.0 cm³/mol. The molecular weight excluding hydrogens is 240 g/mol. The van der Waals surface area contributed by atoms with Crippen molar-refractivity contribution in [2.45, 2.75) is 20.3 Å². The summed E-state index contributed by atoms with van der Waals surface area (Å²) < 4.78 is 0. The fourth-order valence-electron chi connectivity index (χ4n) is 2.18. The number of benzene rings is 1. The molecule has 0 aliphatic heterocycles. The van der Waals surface area contributed by atoms with Crippen LogP contribution in [-0.4, -0.2) is 29.1 Å². The van der Waals surface area contributed by atoms with Crippen LogP contribution >= 0.6 is 0 Å². The van der Waals surface area contributed by atoms with Crippen molar-refractivity contribution in [2.24, 2.45) is 5.92 Å². The van der Waals surface area contributed by atoms with E-state index in [1.165, 1.54) is 5.56 Å². The lowest BCUT2D eigenvalue weighted by Gasteiger charge is -2.09. The molecule has 102 valence electrons. The number of aliphatic hydroxyl groups excluding tert-OH is 1. The molecule has 0 fully saturated rings. The zero-order chi connectivity index (χ0) is 13.8. The van der Waals surface area contributed by atoms with E-state index < -0.39 is 0 Å². The summed E-state index contributed by atoms with van der Waals surface area (Å²) in [6.45, 7) is 4.55. The van der Waals surface area contributed by atoms with Crippen molar-refractivity contribution >= 4 is 16.8 Å². The zero-order valence-corrected chi connectivity index (χ0v) is 11.4. The van der Waals surface area contributed by atoms with Crippen LogP contribution in [0.1, 0.15) is 18.1 Å². The minimum absolute atomic E-state index is 0.00977. The molecule has 1 unspecified atom stereocenters. The largest absolute Gasteiger partial charge is 0.396 e. The van der Waals surface area contributed by atoms with E-state index in [1.54, 1.807) is 0 Å². The molecule has 2 aromatic rings. The Labute approximate surface area is 112 Å². The number of hydrogen-bond donors (Lipinski definition) is 3. The molecule has 4 heteroatoms. The van der Waals surface area contributed by atoms with Gasteiger partial charge < -0.3 is 15.4 Å². The smallest absolute Gasteiger partial charge is 0.224 e. The number of aromatic amines is 1. The molecule has 0 spiro atoms. The summed E-state index contributed by atoms with van der Waals surface area (Å²) in [6.07, 6.45) is 2.26. The summed E-state index contributed by atoms with van der Waals surface area (Å²) in [5.41, 5.74) is 3.25. The predicted octanol–water partition coefficient (Wildman–Crippen LogP) is 1.76.